The molecule has 2 aromatic carbocycles. The van der Waals surface area contributed by atoms with E-state index < -0.39 is 33.4 Å². The molecule has 11 heteroatoms. The number of non-ortho nitro benzene ring substituents is 1. The van der Waals surface area contributed by atoms with Gasteiger partial charge in [-0.3, -0.25) is 19.2 Å². The van der Waals surface area contributed by atoms with Crippen molar-refractivity contribution < 1.29 is 32.4 Å². The molecule has 2 aromatic rings. The Hall–Kier alpha value is -3.47. The molecule has 0 heterocycles. The molecule has 0 amide bonds. The van der Waals surface area contributed by atoms with Gasteiger partial charge in [-0.25, -0.2) is 13.2 Å². The van der Waals surface area contributed by atoms with Crippen LogP contribution >= 0.6 is 0 Å². The van der Waals surface area contributed by atoms with E-state index in [2.05, 4.69) is 9.47 Å². The van der Waals surface area contributed by atoms with Gasteiger partial charge in [-0.15, -0.1) is 0 Å². The molecular formula is C17H16N2O8S. The maximum Gasteiger partial charge on any atom is 0.337 e. The van der Waals surface area contributed by atoms with Gasteiger partial charge in [-0.1, -0.05) is 0 Å². The molecule has 10 nitrogen and oxygen atoms in total. The summed E-state index contributed by atoms with van der Waals surface area (Å²) in [7, 11) is -1.93. The molecule has 0 aliphatic rings. The Morgan fingerprint density at radius 3 is 2.04 bits per heavy atom. The molecule has 0 aliphatic heterocycles. The lowest BCUT2D eigenvalue weighted by atomic mass is 10.2. The molecule has 0 unspecified atom stereocenters. The third-order valence-electron chi connectivity index (χ3n) is 3.71. The SMILES string of the molecule is COC(=O)CN(c1ccc(C(=O)OC)cc1)S(=O)(=O)c1ccc([N+](=O)[O-])cc1. The van der Waals surface area contributed by atoms with E-state index in [9.17, 15) is 28.1 Å². The zero-order chi connectivity index (χ0) is 20.9. The molecule has 148 valence electrons. The fraction of sp³-hybridized carbons (Fsp3) is 0.176. The highest BCUT2D eigenvalue weighted by Crippen LogP contribution is 2.25. The van der Waals surface area contributed by atoms with E-state index in [1.165, 1.54) is 31.4 Å². The first kappa shape index (κ1) is 20.8. The Labute approximate surface area is 160 Å². The molecule has 0 fully saturated rings. The number of nitro benzene ring substituents is 1. The predicted octanol–water partition coefficient (Wildman–Crippen LogP) is 1.75. The summed E-state index contributed by atoms with van der Waals surface area (Å²) in [4.78, 5) is 33.1. The third-order valence-corrected chi connectivity index (χ3v) is 5.50. The number of carbonyl (C=O) groups excluding carboxylic acids is 2. The summed E-state index contributed by atoms with van der Waals surface area (Å²) in [5.41, 5.74) is 0.00862. The first-order chi connectivity index (χ1) is 13.2. The average Bonchev–Trinajstić information content (AvgIpc) is 2.71. The van der Waals surface area contributed by atoms with Crippen LogP contribution in [0.25, 0.3) is 0 Å². The zero-order valence-electron chi connectivity index (χ0n) is 14.9. The second kappa shape index (κ2) is 8.48. The lowest BCUT2D eigenvalue weighted by Gasteiger charge is -2.23. The molecule has 0 N–H and O–H groups in total. The molecule has 0 saturated heterocycles. The van der Waals surface area contributed by atoms with E-state index in [1.807, 2.05) is 0 Å². The summed E-state index contributed by atoms with van der Waals surface area (Å²) in [6.07, 6.45) is 0. The van der Waals surface area contributed by atoms with Crippen molar-refractivity contribution in [1.82, 2.24) is 0 Å². The van der Waals surface area contributed by atoms with Crippen molar-refractivity contribution in [2.75, 3.05) is 25.1 Å². The Morgan fingerprint density at radius 2 is 1.57 bits per heavy atom. The van der Waals surface area contributed by atoms with Gasteiger partial charge in [-0.05, 0) is 36.4 Å². The number of hydrogen-bond donors (Lipinski definition) is 0. The minimum Gasteiger partial charge on any atom is -0.468 e. The lowest BCUT2D eigenvalue weighted by Crippen LogP contribution is -2.36. The van der Waals surface area contributed by atoms with Crippen LogP contribution in [0.4, 0.5) is 11.4 Å². The van der Waals surface area contributed by atoms with Gasteiger partial charge in [-0.2, -0.15) is 0 Å². The van der Waals surface area contributed by atoms with Crippen LogP contribution in [0.5, 0.6) is 0 Å². The van der Waals surface area contributed by atoms with Gasteiger partial charge in [0.2, 0.25) is 0 Å². The van der Waals surface area contributed by atoms with Crippen molar-refractivity contribution in [1.29, 1.82) is 0 Å². The van der Waals surface area contributed by atoms with Gasteiger partial charge in [0.05, 0.1) is 35.3 Å². The first-order valence-electron chi connectivity index (χ1n) is 7.73. The second-order valence-electron chi connectivity index (χ2n) is 5.38. The van der Waals surface area contributed by atoms with E-state index in [0.29, 0.717) is 0 Å². The fourth-order valence-corrected chi connectivity index (χ4v) is 3.65. The van der Waals surface area contributed by atoms with Gasteiger partial charge < -0.3 is 9.47 Å². The highest BCUT2D eigenvalue weighted by molar-refractivity contribution is 7.92. The summed E-state index contributed by atoms with van der Waals surface area (Å²) >= 11 is 0. The zero-order valence-corrected chi connectivity index (χ0v) is 15.7. The van der Waals surface area contributed by atoms with Crippen LogP contribution in [0.1, 0.15) is 10.4 Å². The molecule has 0 spiro atoms. The van der Waals surface area contributed by atoms with Gasteiger partial charge >= 0.3 is 11.9 Å². The number of esters is 2. The summed E-state index contributed by atoms with van der Waals surface area (Å²) in [6, 6.07) is 9.58. The number of nitrogens with zero attached hydrogens (tertiary/aromatic N) is 2. The quantitative estimate of drug-likeness (QED) is 0.384. The highest BCUT2D eigenvalue weighted by Gasteiger charge is 2.28. The van der Waals surface area contributed by atoms with E-state index >= 15 is 0 Å². The number of sulfonamides is 1. The summed E-state index contributed by atoms with van der Waals surface area (Å²) in [5.74, 6) is -1.42. The molecule has 28 heavy (non-hydrogen) atoms. The normalized spacial score (nSPS) is 10.8. The molecule has 0 aliphatic carbocycles. The Morgan fingerprint density at radius 1 is 1.00 bits per heavy atom. The summed E-state index contributed by atoms with van der Waals surface area (Å²) in [6.45, 7) is -0.632. The van der Waals surface area contributed by atoms with Gasteiger partial charge in [0, 0.05) is 12.1 Å². The largest absolute Gasteiger partial charge is 0.468 e. The van der Waals surface area contributed by atoms with Crippen LogP contribution in [0, 0.1) is 10.1 Å². The third kappa shape index (κ3) is 4.43. The Bertz CT molecular complexity index is 985. The van der Waals surface area contributed by atoms with E-state index in [1.54, 1.807) is 0 Å². The minimum atomic E-state index is -4.25. The molecule has 2 rings (SSSR count). The number of rotatable bonds is 7. The fourth-order valence-electron chi connectivity index (χ4n) is 2.25. The number of hydrogen-bond acceptors (Lipinski definition) is 8. The van der Waals surface area contributed by atoms with Crippen molar-refractivity contribution in [2.45, 2.75) is 4.90 Å². The van der Waals surface area contributed by atoms with Gasteiger partial charge in [0.25, 0.3) is 15.7 Å². The standard InChI is InChI=1S/C17H16N2O8S/c1-26-16(20)11-18(13-5-3-12(4-6-13)17(21)27-2)28(24,25)15-9-7-14(8-10-15)19(22)23/h3-10H,11H2,1-2H3. The number of benzene rings is 2. The topological polar surface area (TPSA) is 133 Å². The van der Waals surface area contributed by atoms with E-state index in [-0.39, 0.29) is 21.8 Å². The van der Waals surface area contributed by atoms with Crippen LogP contribution < -0.4 is 4.31 Å². The van der Waals surface area contributed by atoms with Crippen molar-refractivity contribution in [3.8, 4) is 0 Å². The predicted molar refractivity (Wildman–Crippen MR) is 97.4 cm³/mol. The minimum absolute atomic E-state index is 0.0939. The number of ether oxygens (including phenoxy) is 2. The molecular weight excluding hydrogens is 392 g/mol. The van der Waals surface area contributed by atoms with E-state index in [4.69, 9.17) is 0 Å². The number of methoxy groups -OCH3 is 2. The van der Waals surface area contributed by atoms with Crippen LogP contribution in [0.15, 0.2) is 53.4 Å². The molecule has 0 aromatic heterocycles. The smallest absolute Gasteiger partial charge is 0.337 e. The second-order valence-corrected chi connectivity index (χ2v) is 7.24. The van der Waals surface area contributed by atoms with Crippen LogP contribution in [-0.2, 0) is 24.3 Å². The van der Waals surface area contributed by atoms with Crippen molar-refractivity contribution >= 4 is 33.3 Å². The molecule has 0 saturated carbocycles. The number of anilines is 1. The maximum absolute atomic E-state index is 13.0. The van der Waals surface area contributed by atoms with Gasteiger partial charge in [0.1, 0.15) is 6.54 Å². The number of nitro groups is 1. The van der Waals surface area contributed by atoms with Crippen LogP contribution in [0.3, 0.4) is 0 Å². The van der Waals surface area contributed by atoms with Crippen LogP contribution in [0.2, 0.25) is 0 Å². The monoisotopic (exact) mass is 408 g/mol. The lowest BCUT2D eigenvalue weighted by molar-refractivity contribution is -0.384. The highest BCUT2D eigenvalue weighted by atomic mass is 32.2. The average molecular weight is 408 g/mol. The molecule has 0 radical (unpaired) electrons. The summed E-state index contributed by atoms with van der Waals surface area (Å²) < 4.78 is 35.9. The van der Waals surface area contributed by atoms with Crippen molar-refractivity contribution in [2.24, 2.45) is 0 Å². The van der Waals surface area contributed by atoms with Gasteiger partial charge in [0.15, 0.2) is 0 Å². The Balaban J connectivity index is 2.48. The number of carbonyl (C=O) groups is 2. The van der Waals surface area contributed by atoms with E-state index in [0.717, 1.165) is 35.7 Å². The first-order valence-corrected chi connectivity index (χ1v) is 9.17. The Kier molecular flexibility index (Phi) is 6.31. The van der Waals surface area contributed by atoms with Crippen molar-refractivity contribution in [3.05, 3.63) is 64.2 Å². The van der Waals surface area contributed by atoms with Crippen LogP contribution in [-0.4, -0.2) is 46.0 Å². The summed E-state index contributed by atoms with van der Waals surface area (Å²) in [5, 5.41) is 10.8. The van der Waals surface area contributed by atoms with Crippen molar-refractivity contribution in [3.63, 3.8) is 0 Å². The molecule has 0 bridgehead atoms. The maximum atomic E-state index is 13.0. The molecule has 0 atom stereocenters.